The Morgan fingerprint density at radius 2 is 1.35 bits per heavy atom. The highest BCUT2D eigenvalue weighted by molar-refractivity contribution is 5.72. The Kier molecular flexibility index (Phi) is 45.6. The molecule has 0 aliphatic rings. The number of allylic oxidation sites excluding steroid dienone is 8. The van der Waals surface area contributed by atoms with Gasteiger partial charge in [0.15, 0.2) is 0 Å². The molecule has 0 amide bonds. The van der Waals surface area contributed by atoms with Crippen LogP contribution in [0.15, 0.2) is 86.6 Å². The predicted molar refractivity (Wildman–Crippen MR) is 188 cm³/mol. The van der Waals surface area contributed by atoms with E-state index in [0.717, 1.165) is 24.1 Å². The Morgan fingerprint density at radius 3 is 1.70 bits per heavy atom. The summed E-state index contributed by atoms with van der Waals surface area (Å²) in [7, 11) is 0. The Bertz CT molecular complexity index is 974. The summed E-state index contributed by atoms with van der Waals surface area (Å²) in [5, 5.41) is 17.7. The second-order valence-electron chi connectivity index (χ2n) is 8.00. The molecule has 0 aromatic carbocycles. The van der Waals surface area contributed by atoms with Crippen LogP contribution in [0.2, 0.25) is 0 Å². The highest BCUT2D eigenvalue weighted by Gasteiger charge is 2.15. The van der Waals surface area contributed by atoms with Crippen LogP contribution in [0.3, 0.4) is 0 Å². The SMILES string of the molecule is C=C/C=C\C(=C/C=C)CCC.C=CC=C.CC.CC.CC#Cc1cc(CC)nc(CN(CC(=O)O)CC(=O)O)c1.CCC. The first kappa shape index (κ1) is 48.8. The highest BCUT2D eigenvalue weighted by atomic mass is 16.4. The van der Waals surface area contributed by atoms with E-state index >= 15 is 0 Å². The van der Waals surface area contributed by atoms with Crippen molar-refractivity contribution in [2.24, 2.45) is 0 Å². The van der Waals surface area contributed by atoms with Crippen LogP contribution < -0.4 is 0 Å². The van der Waals surface area contributed by atoms with Crippen LogP contribution in [0.5, 0.6) is 0 Å². The van der Waals surface area contributed by atoms with Crippen molar-refractivity contribution in [3.63, 3.8) is 0 Å². The lowest BCUT2D eigenvalue weighted by Crippen LogP contribution is -2.34. The number of carbonyl (C=O) groups is 2. The minimum absolute atomic E-state index is 0.158. The van der Waals surface area contributed by atoms with Gasteiger partial charge in [-0.3, -0.25) is 19.5 Å². The van der Waals surface area contributed by atoms with E-state index in [1.807, 2.05) is 58.9 Å². The van der Waals surface area contributed by atoms with E-state index in [0.29, 0.717) is 5.69 Å². The van der Waals surface area contributed by atoms with Crippen LogP contribution in [0.1, 0.15) is 98.5 Å². The van der Waals surface area contributed by atoms with E-state index in [2.05, 4.69) is 70.0 Å². The van der Waals surface area contributed by atoms with Crippen molar-refractivity contribution in [1.82, 2.24) is 9.88 Å². The first-order valence-corrected chi connectivity index (χ1v) is 15.0. The third-order valence-electron chi connectivity index (χ3n) is 4.15. The largest absolute Gasteiger partial charge is 0.480 e. The fourth-order valence-corrected chi connectivity index (χ4v) is 2.76. The molecule has 0 atom stereocenters. The van der Waals surface area contributed by atoms with Crippen LogP contribution in [-0.2, 0) is 22.6 Å². The molecule has 0 radical (unpaired) electrons. The molecule has 43 heavy (non-hydrogen) atoms. The molecule has 1 rings (SSSR count). The maximum absolute atomic E-state index is 10.8. The number of hydrogen-bond donors (Lipinski definition) is 2. The summed E-state index contributed by atoms with van der Waals surface area (Å²) >= 11 is 0. The van der Waals surface area contributed by atoms with Gasteiger partial charge in [-0.2, -0.15) is 0 Å². The van der Waals surface area contributed by atoms with Gasteiger partial charge in [0.05, 0.1) is 18.8 Å². The van der Waals surface area contributed by atoms with Gasteiger partial charge in [0, 0.05) is 17.8 Å². The summed E-state index contributed by atoms with van der Waals surface area (Å²) < 4.78 is 0. The number of pyridine rings is 1. The van der Waals surface area contributed by atoms with Gasteiger partial charge in [-0.15, -0.1) is 5.92 Å². The van der Waals surface area contributed by atoms with E-state index < -0.39 is 11.9 Å². The van der Waals surface area contributed by atoms with Gasteiger partial charge in [0.25, 0.3) is 0 Å². The number of nitrogens with zero attached hydrogens (tertiary/aromatic N) is 2. The van der Waals surface area contributed by atoms with Crippen molar-refractivity contribution in [3.05, 3.63) is 104 Å². The van der Waals surface area contributed by atoms with Crippen LogP contribution >= 0.6 is 0 Å². The van der Waals surface area contributed by atoms with Gasteiger partial charge >= 0.3 is 11.9 Å². The Labute approximate surface area is 264 Å². The molecule has 1 aromatic heterocycles. The van der Waals surface area contributed by atoms with Gasteiger partial charge in [0.1, 0.15) is 0 Å². The molecule has 0 fully saturated rings. The van der Waals surface area contributed by atoms with Crippen molar-refractivity contribution < 1.29 is 19.8 Å². The van der Waals surface area contributed by atoms with Crippen LogP contribution in [0.25, 0.3) is 0 Å². The Morgan fingerprint density at radius 1 is 0.860 bits per heavy atom. The van der Waals surface area contributed by atoms with Gasteiger partial charge in [-0.1, -0.05) is 143 Å². The molecule has 6 heteroatoms. The quantitative estimate of drug-likeness (QED) is 0.174. The predicted octanol–water partition coefficient (Wildman–Crippen LogP) is 9.45. The molecule has 0 saturated heterocycles. The van der Waals surface area contributed by atoms with E-state index in [-0.39, 0.29) is 19.6 Å². The van der Waals surface area contributed by atoms with Crippen LogP contribution in [0, 0.1) is 11.8 Å². The van der Waals surface area contributed by atoms with E-state index in [9.17, 15) is 9.59 Å². The molecule has 1 aromatic rings. The lowest BCUT2D eigenvalue weighted by atomic mass is 10.1. The zero-order valence-corrected chi connectivity index (χ0v) is 28.6. The van der Waals surface area contributed by atoms with Gasteiger partial charge in [-0.05, 0) is 37.5 Å². The number of carboxylic acids is 2. The number of aromatic nitrogens is 1. The zero-order valence-electron chi connectivity index (χ0n) is 28.6. The number of rotatable bonds is 13. The highest BCUT2D eigenvalue weighted by Crippen LogP contribution is 2.09. The molecule has 242 valence electrons. The van der Waals surface area contributed by atoms with Crippen molar-refractivity contribution in [1.29, 1.82) is 0 Å². The molecular weight excluding hydrogens is 536 g/mol. The molecule has 0 aliphatic carbocycles. The summed E-state index contributed by atoms with van der Waals surface area (Å²) in [6.45, 7) is 31.6. The third kappa shape index (κ3) is 38.1. The standard InChI is InChI=1S/C15H18N2O4.C11H16.C4H6.C3H8.2C2H6/c1-3-5-11-6-12(4-2)16-13(7-11)8-17(9-14(18)19)10-15(20)21;1-4-7-10-11(8-5-2)9-6-3;1-3-4-2;1-3-2;2*1-2/h6-7H,4,8-10H2,1-2H3,(H,18,19)(H,20,21);4-5,7-8,10H,1-2,6,9H2,3H3;3-4H,1-2H2;3H2,1-2H3;2*1-2H3/b;10-7-,11-8-;;;;. The molecule has 0 bridgehead atoms. The maximum Gasteiger partial charge on any atom is 0.317 e. The minimum Gasteiger partial charge on any atom is -0.480 e. The maximum atomic E-state index is 10.8. The molecule has 6 nitrogen and oxygen atoms in total. The molecule has 0 spiro atoms. The molecule has 0 saturated carbocycles. The second kappa shape index (κ2) is 40.2. The topological polar surface area (TPSA) is 90.7 Å². The zero-order chi connectivity index (χ0) is 34.5. The van der Waals surface area contributed by atoms with Crippen LogP contribution in [-0.4, -0.2) is 45.1 Å². The fraction of sp³-hybridized carbons (Fsp3) is 0.432. The number of carboxylic acid groups (broad SMARTS) is 2. The molecule has 2 N–H and O–H groups in total. The average molecular weight is 597 g/mol. The van der Waals surface area contributed by atoms with Crippen molar-refractivity contribution in [2.75, 3.05) is 13.1 Å². The molecule has 0 unspecified atom stereocenters. The number of aliphatic carboxylic acids is 2. The monoisotopic (exact) mass is 596 g/mol. The van der Waals surface area contributed by atoms with Crippen LogP contribution in [0.4, 0.5) is 0 Å². The normalized spacial score (nSPS) is 9.12. The van der Waals surface area contributed by atoms with E-state index in [1.165, 1.54) is 23.3 Å². The second-order valence-corrected chi connectivity index (χ2v) is 8.00. The lowest BCUT2D eigenvalue weighted by Gasteiger charge is -2.18. The summed E-state index contributed by atoms with van der Waals surface area (Å²) in [5.41, 5.74) is 3.57. The minimum atomic E-state index is -1.07. The molecular formula is C37H60N2O4. The fourth-order valence-electron chi connectivity index (χ4n) is 2.76. The molecule has 0 aliphatic heterocycles. The average Bonchev–Trinajstić information content (AvgIpc) is 2.98. The first-order chi connectivity index (χ1) is 20.6. The summed E-state index contributed by atoms with van der Waals surface area (Å²) in [6.07, 6.45) is 17.2. The smallest absolute Gasteiger partial charge is 0.317 e. The third-order valence-corrected chi connectivity index (χ3v) is 4.15. The number of hydrogen-bond acceptors (Lipinski definition) is 4. The summed E-state index contributed by atoms with van der Waals surface area (Å²) in [4.78, 5) is 27.3. The summed E-state index contributed by atoms with van der Waals surface area (Å²) in [5.74, 6) is 3.59. The van der Waals surface area contributed by atoms with Crippen molar-refractivity contribution in [3.8, 4) is 11.8 Å². The first-order valence-electron chi connectivity index (χ1n) is 15.0. The lowest BCUT2D eigenvalue weighted by molar-refractivity contribution is -0.142. The van der Waals surface area contributed by atoms with E-state index in [1.54, 1.807) is 31.2 Å². The van der Waals surface area contributed by atoms with Crippen molar-refractivity contribution in [2.45, 2.75) is 94.5 Å². The van der Waals surface area contributed by atoms with Gasteiger partial charge in [-0.25, -0.2) is 0 Å². The number of aryl methyl sites for hydroxylation is 1. The van der Waals surface area contributed by atoms with E-state index in [4.69, 9.17) is 10.2 Å². The summed E-state index contributed by atoms with van der Waals surface area (Å²) in [6, 6.07) is 3.63. The van der Waals surface area contributed by atoms with Gasteiger partial charge < -0.3 is 10.2 Å². The van der Waals surface area contributed by atoms with Crippen molar-refractivity contribution >= 4 is 11.9 Å². The Hall–Kier alpha value is -3.95. The molecule has 1 heterocycles. The Balaban J connectivity index is -0.000000183. The van der Waals surface area contributed by atoms with Gasteiger partial charge in [0.2, 0.25) is 0 Å².